The number of nitrogens with zero attached hydrogens (tertiary/aromatic N) is 1. The quantitative estimate of drug-likeness (QED) is 0.861. The first kappa shape index (κ1) is 14.6. The monoisotopic (exact) mass is 316 g/mol. The molecule has 0 saturated heterocycles. The predicted molar refractivity (Wildman–Crippen MR) is 90.5 cm³/mol. The zero-order valence-electron chi connectivity index (χ0n) is 13.1. The number of Topliss-reactive ketones (excluding diaryl/α,β-unsaturated/α-hetero) is 1. The Hall–Kier alpha value is -2.93. The molecule has 0 radical (unpaired) electrons. The maximum Gasteiger partial charge on any atom is 0.205 e. The number of ether oxygens (including phenoxy) is 1. The molecule has 1 aliphatic heterocycles. The summed E-state index contributed by atoms with van der Waals surface area (Å²) in [6.07, 6.45) is 1.88. The molecular weight excluding hydrogens is 300 g/mol. The van der Waals surface area contributed by atoms with Crippen LogP contribution in [0.15, 0.2) is 53.8 Å². The van der Waals surface area contributed by atoms with Crippen LogP contribution < -0.4 is 0 Å². The van der Waals surface area contributed by atoms with Gasteiger partial charge in [-0.25, -0.2) is 0 Å². The largest absolute Gasteiger partial charge is 0.446 e. The van der Waals surface area contributed by atoms with E-state index in [2.05, 4.69) is 6.07 Å². The number of ketones is 1. The zero-order chi connectivity index (χ0) is 16.7. The van der Waals surface area contributed by atoms with Crippen molar-refractivity contribution < 1.29 is 9.53 Å². The molecule has 1 N–H and O–H groups in total. The van der Waals surface area contributed by atoms with Gasteiger partial charge in [0.2, 0.25) is 5.90 Å². The van der Waals surface area contributed by atoms with Crippen LogP contribution in [0.5, 0.6) is 0 Å². The molecule has 4 rings (SSSR count). The smallest absolute Gasteiger partial charge is 0.205 e. The number of fused-ring (bicyclic) bond motifs is 1. The number of benzene rings is 2. The van der Waals surface area contributed by atoms with Gasteiger partial charge in [0.25, 0.3) is 0 Å². The van der Waals surface area contributed by atoms with Crippen molar-refractivity contribution in [2.24, 2.45) is 5.92 Å². The molecule has 1 aliphatic carbocycles. The van der Waals surface area contributed by atoms with E-state index in [1.165, 1.54) is 0 Å². The third kappa shape index (κ3) is 2.13. The van der Waals surface area contributed by atoms with Crippen LogP contribution in [0.25, 0.3) is 10.8 Å². The van der Waals surface area contributed by atoms with E-state index in [4.69, 9.17) is 10.1 Å². The molecule has 0 aromatic heterocycles. The van der Waals surface area contributed by atoms with Gasteiger partial charge in [-0.2, -0.15) is 5.26 Å². The lowest BCUT2D eigenvalue weighted by Gasteiger charge is -2.34. The predicted octanol–water partition coefficient (Wildman–Crippen LogP) is 4.08. The van der Waals surface area contributed by atoms with Crippen molar-refractivity contribution in [3.63, 3.8) is 0 Å². The van der Waals surface area contributed by atoms with Gasteiger partial charge in [-0.15, -0.1) is 0 Å². The Morgan fingerprint density at radius 1 is 1.12 bits per heavy atom. The lowest BCUT2D eigenvalue weighted by atomic mass is 9.73. The lowest BCUT2D eigenvalue weighted by molar-refractivity contribution is -0.116. The van der Waals surface area contributed by atoms with Crippen LogP contribution in [0.2, 0.25) is 0 Å². The maximum absolute atomic E-state index is 12.6. The second-order valence-corrected chi connectivity index (χ2v) is 6.23. The number of carbonyl (C=O) groups is 1. The molecule has 4 heteroatoms. The van der Waals surface area contributed by atoms with Crippen LogP contribution in [0.3, 0.4) is 0 Å². The fourth-order valence-corrected chi connectivity index (χ4v) is 3.79. The van der Waals surface area contributed by atoms with Gasteiger partial charge >= 0.3 is 0 Å². The third-order valence-corrected chi connectivity index (χ3v) is 4.87. The molecule has 0 amide bonds. The fourth-order valence-electron chi connectivity index (χ4n) is 3.79. The molecule has 0 fully saturated rings. The first-order valence-corrected chi connectivity index (χ1v) is 8.10. The number of carbonyl (C=O) groups excluding carboxylic acids is 1. The van der Waals surface area contributed by atoms with Crippen molar-refractivity contribution in [3.8, 4) is 6.07 Å². The summed E-state index contributed by atoms with van der Waals surface area (Å²) in [5.41, 5.74) is 1.52. The van der Waals surface area contributed by atoms with E-state index in [0.29, 0.717) is 24.2 Å². The molecule has 2 aromatic carbocycles. The van der Waals surface area contributed by atoms with Gasteiger partial charge in [-0.1, -0.05) is 42.5 Å². The summed E-state index contributed by atoms with van der Waals surface area (Å²) in [5.74, 6) is -0.617. The summed E-state index contributed by atoms with van der Waals surface area (Å²) < 4.78 is 5.55. The van der Waals surface area contributed by atoms with Crippen molar-refractivity contribution in [3.05, 3.63) is 59.4 Å². The lowest BCUT2D eigenvalue weighted by Crippen LogP contribution is -2.34. The molecule has 0 bridgehead atoms. The van der Waals surface area contributed by atoms with Crippen molar-refractivity contribution in [1.29, 1.82) is 10.7 Å². The van der Waals surface area contributed by atoms with Crippen LogP contribution in [0.1, 0.15) is 30.7 Å². The van der Waals surface area contributed by atoms with Crippen molar-refractivity contribution in [2.45, 2.75) is 25.2 Å². The fraction of sp³-hybridized carbons (Fsp3) is 0.250. The van der Waals surface area contributed by atoms with Gasteiger partial charge in [0.05, 0.1) is 6.07 Å². The number of allylic oxidation sites excluding steroid dienone is 2. The Morgan fingerprint density at radius 3 is 2.75 bits per heavy atom. The molecule has 0 saturated carbocycles. The average molecular weight is 316 g/mol. The normalized spacial score (nSPS) is 23.6. The highest BCUT2D eigenvalue weighted by Crippen LogP contribution is 2.45. The molecule has 2 aromatic rings. The van der Waals surface area contributed by atoms with E-state index in [1.807, 2.05) is 42.5 Å². The van der Waals surface area contributed by atoms with Gasteiger partial charge < -0.3 is 4.74 Å². The number of hydrogen-bond donors (Lipinski definition) is 1. The third-order valence-electron chi connectivity index (χ3n) is 4.87. The van der Waals surface area contributed by atoms with E-state index in [9.17, 15) is 10.1 Å². The van der Waals surface area contributed by atoms with Crippen LogP contribution >= 0.6 is 0 Å². The van der Waals surface area contributed by atoms with Gasteiger partial charge in [-0.05, 0) is 22.8 Å². The van der Waals surface area contributed by atoms with E-state index in [1.54, 1.807) is 0 Å². The minimum atomic E-state index is -0.767. The minimum absolute atomic E-state index is 0.0435. The van der Waals surface area contributed by atoms with Crippen LogP contribution in [-0.4, -0.2) is 11.7 Å². The highest BCUT2D eigenvalue weighted by Gasteiger charge is 2.42. The number of nitriles is 1. The van der Waals surface area contributed by atoms with Crippen molar-refractivity contribution in [2.75, 3.05) is 0 Å². The summed E-state index contributed by atoms with van der Waals surface area (Å²) >= 11 is 0. The molecule has 4 nitrogen and oxygen atoms in total. The topological polar surface area (TPSA) is 73.9 Å². The first-order valence-electron chi connectivity index (χ1n) is 8.10. The number of hydrogen-bond acceptors (Lipinski definition) is 4. The summed E-state index contributed by atoms with van der Waals surface area (Å²) in [4.78, 5) is 12.6. The molecule has 118 valence electrons. The van der Waals surface area contributed by atoms with E-state index < -0.39 is 11.8 Å². The van der Waals surface area contributed by atoms with Crippen molar-refractivity contribution in [1.82, 2.24) is 0 Å². The minimum Gasteiger partial charge on any atom is -0.446 e. The van der Waals surface area contributed by atoms with Crippen LogP contribution in [0.4, 0.5) is 0 Å². The molecule has 2 unspecified atom stereocenters. The number of rotatable bonds is 1. The van der Waals surface area contributed by atoms with E-state index >= 15 is 0 Å². The Balaban J connectivity index is 2.00. The van der Waals surface area contributed by atoms with Gasteiger partial charge in [0, 0.05) is 24.3 Å². The van der Waals surface area contributed by atoms with Crippen LogP contribution in [-0.2, 0) is 9.53 Å². The second kappa shape index (κ2) is 5.61. The highest BCUT2D eigenvalue weighted by atomic mass is 16.5. The number of nitrogens with one attached hydrogen (secondary N) is 1. The van der Waals surface area contributed by atoms with Crippen molar-refractivity contribution >= 4 is 22.5 Å². The molecule has 2 aliphatic rings. The SMILES string of the molecule is N#CC1C(=N)OC2=C(C(=O)CCC2)C1c1cccc2ccccc12. The van der Waals surface area contributed by atoms with Gasteiger partial charge in [-0.3, -0.25) is 10.2 Å². The Labute approximate surface area is 139 Å². The molecule has 0 spiro atoms. The summed E-state index contributed by atoms with van der Waals surface area (Å²) in [5, 5.41) is 19.9. The maximum atomic E-state index is 12.6. The Bertz CT molecular complexity index is 931. The van der Waals surface area contributed by atoms with Gasteiger partial charge in [0.1, 0.15) is 11.7 Å². The van der Waals surface area contributed by atoms with Crippen LogP contribution in [0, 0.1) is 22.7 Å². The molecule has 24 heavy (non-hydrogen) atoms. The van der Waals surface area contributed by atoms with E-state index in [0.717, 1.165) is 22.8 Å². The Kier molecular flexibility index (Phi) is 3.42. The molecule has 2 atom stereocenters. The van der Waals surface area contributed by atoms with Gasteiger partial charge in [0.15, 0.2) is 5.78 Å². The second-order valence-electron chi connectivity index (χ2n) is 6.23. The zero-order valence-corrected chi connectivity index (χ0v) is 13.1. The van der Waals surface area contributed by atoms with E-state index in [-0.39, 0.29) is 11.7 Å². The summed E-state index contributed by atoms with van der Waals surface area (Å²) in [7, 11) is 0. The molecular formula is C20H16N2O2. The summed E-state index contributed by atoms with van der Waals surface area (Å²) in [6.45, 7) is 0. The average Bonchev–Trinajstić information content (AvgIpc) is 2.60. The summed E-state index contributed by atoms with van der Waals surface area (Å²) in [6, 6.07) is 16.1. The molecule has 1 heterocycles. The first-order chi connectivity index (χ1) is 11.7. The Morgan fingerprint density at radius 2 is 1.92 bits per heavy atom. The highest BCUT2D eigenvalue weighted by molar-refractivity contribution is 6.02. The standard InChI is InChI=1S/C20H16N2O2/c21-11-15-18(14-8-3-6-12-5-1-2-7-13(12)14)19-16(23)9-4-10-17(19)24-20(15)22/h1-3,5-8,15,18,22H,4,9-10H2.